The monoisotopic (exact) mass is 290 g/mol. The van der Waals surface area contributed by atoms with Gasteiger partial charge in [0.15, 0.2) is 5.82 Å². The van der Waals surface area contributed by atoms with Gasteiger partial charge < -0.3 is 4.52 Å². The van der Waals surface area contributed by atoms with Crippen molar-refractivity contribution < 1.29 is 4.52 Å². The van der Waals surface area contributed by atoms with Crippen LogP contribution < -0.4 is 5.56 Å². The van der Waals surface area contributed by atoms with E-state index in [4.69, 9.17) is 4.52 Å². The minimum Gasteiger partial charge on any atom is -0.337 e. The van der Waals surface area contributed by atoms with Gasteiger partial charge in [-0.3, -0.25) is 9.36 Å². The lowest BCUT2D eigenvalue weighted by Crippen LogP contribution is -2.20. The summed E-state index contributed by atoms with van der Waals surface area (Å²) in [5.41, 5.74) is 0.656. The van der Waals surface area contributed by atoms with Gasteiger partial charge >= 0.3 is 0 Å². The van der Waals surface area contributed by atoms with Gasteiger partial charge in [-0.15, -0.1) is 11.3 Å². The molecule has 104 valence electrons. The second kappa shape index (κ2) is 5.54. The quantitative estimate of drug-likeness (QED) is 0.720. The second-order valence-electron chi connectivity index (χ2n) is 4.52. The summed E-state index contributed by atoms with van der Waals surface area (Å²) in [4.78, 5) is 20.7. The van der Waals surface area contributed by atoms with Gasteiger partial charge in [0.05, 0.1) is 11.8 Å². The highest BCUT2D eigenvalue weighted by atomic mass is 32.1. The first-order chi connectivity index (χ1) is 9.78. The number of hydrogen-bond acceptors (Lipinski definition) is 6. The summed E-state index contributed by atoms with van der Waals surface area (Å²) in [6.45, 7) is 2.38. The number of aromatic nitrogens is 4. The van der Waals surface area contributed by atoms with Crippen molar-refractivity contribution in [3.05, 3.63) is 39.8 Å². The molecular formula is C13H14N4O2S. The molecule has 0 aromatic carbocycles. The Morgan fingerprint density at radius 2 is 2.35 bits per heavy atom. The Morgan fingerprint density at radius 1 is 1.45 bits per heavy atom. The van der Waals surface area contributed by atoms with Gasteiger partial charge in [-0.1, -0.05) is 18.5 Å². The van der Waals surface area contributed by atoms with Crippen LogP contribution in [0.25, 0.3) is 10.2 Å². The van der Waals surface area contributed by atoms with Gasteiger partial charge in [0.25, 0.3) is 5.56 Å². The van der Waals surface area contributed by atoms with Gasteiger partial charge in [0, 0.05) is 6.42 Å². The molecule has 0 aliphatic rings. The maximum absolute atomic E-state index is 12.2. The zero-order chi connectivity index (χ0) is 13.9. The molecule has 3 rings (SSSR count). The van der Waals surface area contributed by atoms with Crippen LogP contribution in [-0.4, -0.2) is 19.7 Å². The fraction of sp³-hybridized carbons (Fsp3) is 0.385. The normalized spacial score (nSPS) is 11.2. The summed E-state index contributed by atoms with van der Waals surface area (Å²) < 4.78 is 7.32. The van der Waals surface area contributed by atoms with Crippen LogP contribution in [0.15, 0.2) is 27.1 Å². The van der Waals surface area contributed by atoms with Crippen LogP contribution in [0.4, 0.5) is 0 Å². The van der Waals surface area contributed by atoms with E-state index in [-0.39, 0.29) is 12.1 Å². The number of unbranched alkanes of at least 4 members (excludes halogenated alkanes) is 1. The number of thiophene rings is 1. The van der Waals surface area contributed by atoms with E-state index in [1.165, 1.54) is 22.2 Å². The van der Waals surface area contributed by atoms with Crippen LogP contribution in [0.5, 0.6) is 0 Å². The van der Waals surface area contributed by atoms with E-state index in [0.29, 0.717) is 16.4 Å². The Balaban J connectivity index is 1.83. The fourth-order valence-electron chi connectivity index (χ4n) is 1.93. The first-order valence-electron chi connectivity index (χ1n) is 6.52. The molecule has 3 aromatic heterocycles. The van der Waals surface area contributed by atoms with Crippen LogP contribution in [0.3, 0.4) is 0 Å². The van der Waals surface area contributed by atoms with Gasteiger partial charge in [0.1, 0.15) is 11.2 Å². The van der Waals surface area contributed by atoms with E-state index in [9.17, 15) is 4.79 Å². The molecule has 3 heterocycles. The van der Waals surface area contributed by atoms with Crippen molar-refractivity contribution in [2.75, 3.05) is 0 Å². The predicted octanol–water partition coefficient (Wildman–Crippen LogP) is 2.23. The molecule has 0 saturated heterocycles. The average molecular weight is 290 g/mol. The second-order valence-corrected chi connectivity index (χ2v) is 5.44. The van der Waals surface area contributed by atoms with Crippen LogP contribution >= 0.6 is 11.3 Å². The van der Waals surface area contributed by atoms with Crippen molar-refractivity contribution in [3.63, 3.8) is 0 Å². The summed E-state index contributed by atoms with van der Waals surface area (Å²) in [7, 11) is 0. The Labute approximate surface area is 119 Å². The predicted molar refractivity (Wildman–Crippen MR) is 75.9 cm³/mol. The summed E-state index contributed by atoms with van der Waals surface area (Å²) >= 11 is 1.39. The summed E-state index contributed by atoms with van der Waals surface area (Å²) in [6.07, 6.45) is 4.44. The van der Waals surface area contributed by atoms with Gasteiger partial charge in [-0.2, -0.15) is 4.98 Å². The molecule has 0 aliphatic heterocycles. The number of nitrogens with zero attached hydrogens (tertiary/aromatic N) is 4. The SMILES string of the molecule is CCCCc1noc(Cn2cnc3ccsc3c2=O)n1. The Bertz CT molecular complexity index is 774. The van der Waals surface area contributed by atoms with E-state index < -0.39 is 0 Å². The summed E-state index contributed by atoms with van der Waals surface area (Å²) in [6, 6.07) is 1.83. The molecule has 0 fully saturated rings. The van der Waals surface area contributed by atoms with E-state index in [2.05, 4.69) is 22.0 Å². The molecule has 0 bridgehead atoms. The molecule has 0 spiro atoms. The highest BCUT2D eigenvalue weighted by molar-refractivity contribution is 7.17. The van der Waals surface area contributed by atoms with Crippen molar-refractivity contribution in [2.45, 2.75) is 32.7 Å². The molecule has 6 nitrogen and oxygen atoms in total. The van der Waals surface area contributed by atoms with Crippen LogP contribution in [0.2, 0.25) is 0 Å². The first-order valence-corrected chi connectivity index (χ1v) is 7.40. The van der Waals surface area contributed by atoms with Crippen molar-refractivity contribution in [2.24, 2.45) is 0 Å². The molecular weight excluding hydrogens is 276 g/mol. The summed E-state index contributed by atoms with van der Waals surface area (Å²) in [5.74, 6) is 1.14. The van der Waals surface area contributed by atoms with Crippen molar-refractivity contribution >= 4 is 21.6 Å². The molecule has 0 radical (unpaired) electrons. The minimum atomic E-state index is -0.0710. The number of rotatable bonds is 5. The van der Waals surface area contributed by atoms with Gasteiger partial charge in [-0.25, -0.2) is 4.98 Å². The Kier molecular flexibility index (Phi) is 3.60. The Hall–Kier alpha value is -2.02. The molecule has 0 amide bonds. The highest BCUT2D eigenvalue weighted by Crippen LogP contribution is 2.13. The first kappa shape index (κ1) is 13.0. The molecule has 0 N–H and O–H groups in total. The third-order valence-electron chi connectivity index (χ3n) is 3.01. The lowest BCUT2D eigenvalue weighted by Gasteiger charge is -2.00. The van der Waals surface area contributed by atoms with Crippen LogP contribution in [-0.2, 0) is 13.0 Å². The maximum atomic E-state index is 12.2. The molecule has 0 aliphatic carbocycles. The molecule has 0 saturated carbocycles. The van der Waals surface area contributed by atoms with Crippen molar-refractivity contribution in [1.82, 2.24) is 19.7 Å². The maximum Gasteiger partial charge on any atom is 0.271 e. The van der Waals surface area contributed by atoms with Crippen LogP contribution in [0, 0.1) is 0 Å². The highest BCUT2D eigenvalue weighted by Gasteiger charge is 2.10. The zero-order valence-electron chi connectivity index (χ0n) is 11.1. The average Bonchev–Trinajstić information content (AvgIpc) is 3.09. The van der Waals surface area contributed by atoms with Crippen molar-refractivity contribution in [1.29, 1.82) is 0 Å². The van der Waals surface area contributed by atoms with E-state index >= 15 is 0 Å². The van der Waals surface area contributed by atoms with Crippen molar-refractivity contribution in [3.8, 4) is 0 Å². The van der Waals surface area contributed by atoms with Crippen LogP contribution in [0.1, 0.15) is 31.5 Å². The number of fused-ring (bicyclic) bond motifs is 1. The van der Waals surface area contributed by atoms with E-state index in [0.717, 1.165) is 24.8 Å². The lowest BCUT2D eigenvalue weighted by molar-refractivity contribution is 0.364. The topological polar surface area (TPSA) is 73.8 Å². The smallest absolute Gasteiger partial charge is 0.271 e. The largest absolute Gasteiger partial charge is 0.337 e. The lowest BCUT2D eigenvalue weighted by atomic mass is 10.2. The third kappa shape index (κ3) is 2.49. The molecule has 0 unspecified atom stereocenters. The van der Waals surface area contributed by atoms with E-state index in [1.54, 1.807) is 0 Å². The summed E-state index contributed by atoms with van der Waals surface area (Å²) in [5, 5.41) is 5.77. The molecule has 20 heavy (non-hydrogen) atoms. The minimum absolute atomic E-state index is 0.0710. The Morgan fingerprint density at radius 3 is 3.20 bits per heavy atom. The van der Waals surface area contributed by atoms with Gasteiger partial charge in [-0.05, 0) is 17.9 Å². The third-order valence-corrected chi connectivity index (χ3v) is 3.90. The molecule has 7 heteroatoms. The molecule has 3 aromatic rings. The van der Waals surface area contributed by atoms with Gasteiger partial charge in [0.2, 0.25) is 5.89 Å². The standard InChI is InChI=1S/C13H14N4O2S/c1-2-3-4-10-15-11(19-16-10)7-17-8-14-9-5-6-20-12(9)13(17)18/h5-6,8H,2-4,7H2,1H3. The fourth-order valence-corrected chi connectivity index (χ4v) is 2.72. The van der Waals surface area contributed by atoms with E-state index in [1.807, 2.05) is 11.4 Å². The number of aryl methyl sites for hydroxylation is 1. The number of hydrogen-bond donors (Lipinski definition) is 0. The zero-order valence-corrected chi connectivity index (χ0v) is 11.9. The molecule has 0 atom stereocenters.